The van der Waals surface area contributed by atoms with Crippen molar-refractivity contribution in [1.29, 1.82) is 0 Å². The van der Waals surface area contributed by atoms with Gasteiger partial charge in [-0.3, -0.25) is 4.79 Å². The third-order valence-corrected chi connectivity index (χ3v) is 5.39. The molecule has 0 spiro atoms. The van der Waals surface area contributed by atoms with Gasteiger partial charge in [-0.25, -0.2) is 0 Å². The van der Waals surface area contributed by atoms with Gasteiger partial charge >= 0.3 is 5.97 Å². The minimum atomic E-state index is -0.667. The van der Waals surface area contributed by atoms with Gasteiger partial charge in [0.05, 0.1) is 19.1 Å². The van der Waals surface area contributed by atoms with E-state index in [9.17, 15) is 9.90 Å². The summed E-state index contributed by atoms with van der Waals surface area (Å²) < 4.78 is 11.6. The number of aliphatic carboxylic acids is 1. The average molecular weight is 266 g/mol. The molecule has 19 heavy (non-hydrogen) atoms. The second-order valence-electron chi connectivity index (χ2n) is 6.44. The van der Waals surface area contributed by atoms with E-state index in [-0.39, 0.29) is 23.2 Å². The van der Waals surface area contributed by atoms with E-state index in [4.69, 9.17) is 9.47 Å². The number of carboxylic acid groups (broad SMARTS) is 1. The zero-order valence-corrected chi connectivity index (χ0v) is 11.6. The molecule has 2 aliphatic carbocycles. The van der Waals surface area contributed by atoms with Crippen LogP contribution in [-0.2, 0) is 14.3 Å². The van der Waals surface area contributed by atoms with Crippen molar-refractivity contribution in [3.05, 3.63) is 12.2 Å². The average Bonchev–Trinajstić information content (AvgIpc) is 2.92. The van der Waals surface area contributed by atoms with Gasteiger partial charge < -0.3 is 14.6 Å². The van der Waals surface area contributed by atoms with Crippen molar-refractivity contribution in [3.63, 3.8) is 0 Å². The van der Waals surface area contributed by atoms with Crippen molar-refractivity contribution < 1.29 is 19.4 Å². The SMILES string of the molecule is CC1([C@H]2C=CC3[C@@H](C(=O)O)CCC[C@]32C)OCCO1. The summed E-state index contributed by atoms with van der Waals surface area (Å²) in [6.45, 7) is 5.45. The Hall–Kier alpha value is -0.870. The molecule has 0 amide bonds. The van der Waals surface area contributed by atoms with Gasteiger partial charge in [0.25, 0.3) is 0 Å². The summed E-state index contributed by atoms with van der Waals surface area (Å²) >= 11 is 0. The monoisotopic (exact) mass is 266 g/mol. The molecule has 0 bridgehead atoms. The number of allylic oxidation sites excluding steroid dienone is 1. The second-order valence-corrected chi connectivity index (χ2v) is 6.44. The molecule has 1 saturated heterocycles. The van der Waals surface area contributed by atoms with Crippen LogP contribution in [0.4, 0.5) is 0 Å². The first-order valence-electron chi connectivity index (χ1n) is 7.16. The minimum absolute atomic E-state index is 0.0552. The quantitative estimate of drug-likeness (QED) is 0.780. The Kier molecular flexibility index (Phi) is 2.98. The van der Waals surface area contributed by atoms with Gasteiger partial charge in [0.1, 0.15) is 0 Å². The van der Waals surface area contributed by atoms with Crippen LogP contribution < -0.4 is 0 Å². The summed E-state index contributed by atoms with van der Waals surface area (Å²) in [6, 6.07) is 0. The fourth-order valence-corrected chi connectivity index (χ4v) is 4.44. The van der Waals surface area contributed by atoms with Gasteiger partial charge in [0, 0.05) is 5.92 Å². The smallest absolute Gasteiger partial charge is 0.307 e. The fraction of sp³-hybridized carbons (Fsp3) is 0.800. The molecule has 4 nitrogen and oxygen atoms in total. The number of carbonyl (C=O) groups is 1. The van der Waals surface area contributed by atoms with E-state index < -0.39 is 11.8 Å². The molecule has 3 rings (SSSR count). The lowest BCUT2D eigenvalue weighted by molar-refractivity contribution is -0.202. The Morgan fingerprint density at radius 1 is 1.26 bits per heavy atom. The molecule has 4 heteroatoms. The van der Waals surface area contributed by atoms with E-state index in [1.165, 1.54) is 0 Å². The summed E-state index contributed by atoms with van der Waals surface area (Å²) in [5.74, 6) is -1.26. The topological polar surface area (TPSA) is 55.8 Å². The second kappa shape index (κ2) is 4.32. The molecule has 1 unspecified atom stereocenters. The van der Waals surface area contributed by atoms with Crippen LogP contribution in [0.25, 0.3) is 0 Å². The predicted molar refractivity (Wildman–Crippen MR) is 69.5 cm³/mol. The molecule has 2 fully saturated rings. The summed E-state index contributed by atoms with van der Waals surface area (Å²) in [4.78, 5) is 11.5. The van der Waals surface area contributed by atoms with Gasteiger partial charge in [-0.2, -0.15) is 0 Å². The van der Waals surface area contributed by atoms with Crippen LogP contribution in [0.5, 0.6) is 0 Å². The van der Waals surface area contributed by atoms with E-state index >= 15 is 0 Å². The molecule has 4 atom stereocenters. The highest BCUT2D eigenvalue weighted by atomic mass is 16.7. The highest BCUT2D eigenvalue weighted by Crippen LogP contribution is 2.58. The summed E-state index contributed by atoms with van der Waals surface area (Å²) in [5, 5.41) is 9.42. The molecule has 0 aromatic rings. The van der Waals surface area contributed by atoms with E-state index in [1.807, 2.05) is 6.92 Å². The Labute approximate surface area is 113 Å². The van der Waals surface area contributed by atoms with Crippen LogP contribution in [0.1, 0.15) is 33.1 Å². The summed E-state index contributed by atoms with van der Waals surface area (Å²) in [6.07, 6.45) is 7.03. The first kappa shape index (κ1) is 13.1. The van der Waals surface area contributed by atoms with E-state index in [2.05, 4.69) is 19.1 Å². The zero-order valence-electron chi connectivity index (χ0n) is 11.6. The van der Waals surface area contributed by atoms with Crippen LogP contribution >= 0.6 is 0 Å². The molecule has 1 heterocycles. The van der Waals surface area contributed by atoms with E-state index in [1.54, 1.807) is 0 Å². The van der Waals surface area contributed by atoms with Gasteiger partial charge in [-0.05, 0) is 31.1 Å². The van der Waals surface area contributed by atoms with E-state index in [0.29, 0.717) is 13.2 Å². The number of hydrogen-bond donors (Lipinski definition) is 1. The standard InChI is InChI=1S/C15H22O4/c1-14-7-3-4-10(13(16)17)11(14)5-6-12(14)15(2)18-8-9-19-15/h5-6,10-12H,3-4,7-9H2,1-2H3,(H,16,17)/t10-,11?,12-,14+/m0/s1. The lowest BCUT2D eigenvalue weighted by Gasteiger charge is -2.47. The third kappa shape index (κ3) is 1.84. The van der Waals surface area contributed by atoms with Crippen molar-refractivity contribution in [1.82, 2.24) is 0 Å². The highest BCUT2D eigenvalue weighted by molar-refractivity contribution is 5.71. The van der Waals surface area contributed by atoms with Crippen LogP contribution in [-0.4, -0.2) is 30.1 Å². The third-order valence-electron chi connectivity index (χ3n) is 5.39. The molecule has 106 valence electrons. The lowest BCUT2D eigenvalue weighted by Crippen LogP contribution is -2.48. The van der Waals surface area contributed by atoms with Gasteiger partial charge in [-0.1, -0.05) is 25.5 Å². The first-order chi connectivity index (χ1) is 8.97. The van der Waals surface area contributed by atoms with Crippen LogP contribution in [0.3, 0.4) is 0 Å². The number of hydrogen-bond acceptors (Lipinski definition) is 3. The normalized spacial score (nSPS) is 44.2. The van der Waals surface area contributed by atoms with Crippen LogP contribution in [0.2, 0.25) is 0 Å². The van der Waals surface area contributed by atoms with Crippen molar-refractivity contribution in [2.24, 2.45) is 23.2 Å². The maximum absolute atomic E-state index is 11.5. The van der Waals surface area contributed by atoms with Crippen molar-refractivity contribution in [3.8, 4) is 0 Å². The molecule has 0 aromatic heterocycles. The number of carboxylic acids is 1. The van der Waals surface area contributed by atoms with Gasteiger partial charge in [0.15, 0.2) is 5.79 Å². The number of ether oxygens (including phenoxy) is 2. The molecule has 1 aliphatic heterocycles. The van der Waals surface area contributed by atoms with Crippen LogP contribution in [0, 0.1) is 23.2 Å². The maximum Gasteiger partial charge on any atom is 0.307 e. The van der Waals surface area contributed by atoms with Crippen molar-refractivity contribution >= 4 is 5.97 Å². The largest absolute Gasteiger partial charge is 0.481 e. The number of fused-ring (bicyclic) bond motifs is 1. The molecule has 0 aromatic carbocycles. The Bertz CT molecular complexity index is 410. The maximum atomic E-state index is 11.5. The molecule has 0 radical (unpaired) electrons. The molecular formula is C15H22O4. The number of rotatable bonds is 2. The summed E-state index contributed by atoms with van der Waals surface area (Å²) in [5.41, 5.74) is -0.0552. The van der Waals surface area contributed by atoms with E-state index in [0.717, 1.165) is 19.3 Å². The fourth-order valence-electron chi connectivity index (χ4n) is 4.44. The Morgan fingerprint density at radius 3 is 2.58 bits per heavy atom. The molecule has 3 aliphatic rings. The van der Waals surface area contributed by atoms with Crippen molar-refractivity contribution in [2.45, 2.75) is 38.9 Å². The highest BCUT2D eigenvalue weighted by Gasteiger charge is 2.57. The van der Waals surface area contributed by atoms with Crippen molar-refractivity contribution in [2.75, 3.05) is 13.2 Å². The molecular weight excluding hydrogens is 244 g/mol. The zero-order chi connectivity index (χ0) is 13.7. The Morgan fingerprint density at radius 2 is 1.95 bits per heavy atom. The summed E-state index contributed by atoms with van der Waals surface area (Å²) in [7, 11) is 0. The Balaban J connectivity index is 1.90. The van der Waals surface area contributed by atoms with Gasteiger partial charge in [0.2, 0.25) is 0 Å². The van der Waals surface area contributed by atoms with Gasteiger partial charge in [-0.15, -0.1) is 0 Å². The molecule has 1 saturated carbocycles. The predicted octanol–water partition coefficient (Wildman–Crippen LogP) is 2.44. The lowest BCUT2D eigenvalue weighted by atomic mass is 9.59. The first-order valence-corrected chi connectivity index (χ1v) is 7.16. The van der Waals surface area contributed by atoms with Crippen LogP contribution in [0.15, 0.2) is 12.2 Å². The molecule has 1 N–H and O–H groups in total. The minimum Gasteiger partial charge on any atom is -0.481 e.